The maximum absolute atomic E-state index is 16.0. The summed E-state index contributed by atoms with van der Waals surface area (Å²) in [5, 5.41) is 2.47. The number of hydrogen-bond acceptors (Lipinski definition) is 8. The van der Waals surface area contributed by atoms with Crippen molar-refractivity contribution in [3.05, 3.63) is 60.2 Å². The van der Waals surface area contributed by atoms with Gasteiger partial charge in [-0.05, 0) is 63.4 Å². The zero-order valence-corrected chi connectivity index (χ0v) is 24.4. The van der Waals surface area contributed by atoms with Gasteiger partial charge in [0.2, 0.25) is 5.91 Å². The van der Waals surface area contributed by atoms with Crippen molar-refractivity contribution in [2.24, 2.45) is 0 Å². The van der Waals surface area contributed by atoms with Crippen molar-refractivity contribution in [1.82, 2.24) is 29.7 Å². The molecule has 0 unspecified atom stereocenters. The lowest BCUT2D eigenvalue weighted by Crippen LogP contribution is -2.63. The molecule has 0 radical (unpaired) electrons. The Morgan fingerprint density at radius 2 is 1.98 bits per heavy atom. The molecule has 220 valence electrons. The number of halogens is 2. The lowest BCUT2D eigenvalue weighted by Gasteiger charge is -2.47. The molecule has 3 aromatic heterocycles. The Hall–Kier alpha value is -3.89. The molecule has 0 bridgehead atoms. The molecular weight excluding hydrogens is 569 g/mol. The van der Waals surface area contributed by atoms with Gasteiger partial charge in [-0.1, -0.05) is 30.3 Å². The fourth-order valence-electron chi connectivity index (χ4n) is 7.75. The van der Waals surface area contributed by atoms with Gasteiger partial charge in [-0.2, -0.15) is 9.97 Å². The second kappa shape index (κ2) is 10.1. The number of anilines is 1. The number of rotatable bonds is 6. The smallest absolute Gasteiger partial charge is 0.320 e. The van der Waals surface area contributed by atoms with Crippen molar-refractivity contribution in [1.29, 1.82) is 0 Å². The highest BCUT2D eigenvalue weighted by Crippen LogP contribution is 2.42. The van der Waals surface area contributed by atoms with E-state index in [1.807, 2.05) is 17.0 Å². The van der Waals surface area contributed by atoms with E-state index in [2.05, 4.69) is 21.4 Å². The van der Waals surface area contributed by atoms with E-state index < -0.39 is 5.82 Å². The topological polar surface area (TPSA) is 87.6 Å². The van der Waals surface area contributed by atoms with Gasteiger partial charge in [-0.3, -0.25) is 14.7 Å². The maximum Gasteiger partial charge on any atom is 0.320 e. The first-order chi connectivity index (χ1) is 21.0. The lowest BCUT2D eigenvalue weighted by molar-refractivity contribution is -0.127. The summed E-state index contributed by atoms with van der Waals surface area (Å²) < 4.78 is 22.4. The highest BCUT2D eigenvalue weighted by molar-refractivity contribution is 6.36. The predicted molar refractivity (Wildman–Crippen MR) is 163 cm³/mol. The second-order valence-corrected chi connectivity index (χ2v) is 12.5. The van der Waals surface area contributed by atoms with E-state index in [4.69, 9.17) is 31.3 Å². The summed E-state index contributed by atoms with van der Waals surface area (Å²) in [6, 6.07) is 7.31. The fraction of sp³-hybridized carbons (Fsp3) is 0.406. The molecule has 0 N–H and O–H groups in total. The van der Waals surface area contributed by atoms with E-state index in [1.54, 1.807) is 18.5 Å². The van der Waals surface area contributed by atoms with Crippen LogP contribution in [0, 0.1) is 5.82 Å². The van der Waals surface area contributed by atoms with Crippen LogP contribution in [0.2, 0.25) is 5.02 Å². The van der Waals surface area contributed by atoms with Crippen LogP contribution in [-0.4, -0.2) is 86.1 Å². The number of carbonyl (C=O) groups is 1. The standard InChI is InChI=1S/C32H31ClFN7O2/c1-2-26(42)40-13-8-24-25(40)17-41(24)30-20-14-23(34)28(21-16-35-15-19-6-3-7-22(33)27(19)21)36-29(20)37-31(38-30)43-18-32-9-4-11-39(32)12-5-10-32/h2-3,6-7,14-16,24-25H,1,4-5,8-13,17-18H2/t24-,25-/m1/s1. The molecule has 0 spiro atoms. The van der Waals surface area contributed by atoms with E-state index in [-0.39, 0.29) is 35.2 Å². The highest BCUT2D eigenvalue weighted by Gasteiger charge is 2.49. The summed E-state index contributed by atoms with van der Waals surface area (Å²) in [7, 11) is 0. The van der Waals surface area contributed by atoms with Crippen LogP contribution in [0.15, 0.2) is 49.3 Å². The van der Waals surface area contributed by atoms with Gasteiger partial charge in [0.25, 0.3) is 0 Å². The molecule has 1 aromatic carbocycles. The Bertz CT molecular complexity index is 1790. The third-order valence-electron chi connectivity index (χ3n) is 9.89. The van der Waals surface area contributed by atoms with Gasteiger partial charge in [0.15, 0.2) is 5.65 Å². The van der Waals surface area contributed by atoms with Gasteiger partial charge in [-0.25, -0.2) is 9.37 Å². The average molecular weight is 600 g/mol. The number of amides is 1. The van der Waals surface area contributed by atoms with Crippen LogP contribution < -0.4 is 9.64 Å². The molecule has 4 aliphatic heterocycles. The summed E-state index contributed by atoms with van der Waals surface area (Å²) >= 11 is 6.58. The van der Waals surface area contributed by atoms with Crippen LogP contribution in [0.1, 0.15) is 32.1 Å². The first kappa shape index (κ1) is 26.7. The van der Waals surface area contributed by atoms with Crippen molar-refractivity contribution in [3.8, 4) is 17.3 Å². The number of likely N-dealkylation sites (tertiary alicyclic amines) is 1. The number of carbonyl (C=O) groups excluding carboxylic acids is 1. The first-order valence-corrected chi connectivity index (χ1v) is 15.3. The summed E-state index contributed by atoms with van der Waals surface area (Å²) in [6.07, 6.45) is 9.96. The zero-order chi connectivity index (χ0) is 29.3. The van der Waals surface area contributed by atoms with Crippen LogP contribution >= 0.6 is 11.6 Å². The van der Waals surface area contributed by atoms with Gasteiger partial charge in [0, 0.05) is 46.8 Å². The van der Waals surface area contributed by atoms with Gasteiger partial charge in [0.1, 0.15) is 23.9 Å². The molecule has 0 saturated carbocycles. The third-order valence-corrected chi connectivity index (χ3v) is 10.2. The molecule has 11 heteroatoms. The van der Waals surface area contributed by atoms with Gasteiger partial charge in [-0.15, -0.1) is 0 Å². The number of pyridine rings is 2. The Labute approximate surface area is 253 Å². The predicted octanol–water partition coefficient (Wildman–Crippen LogP) is 5.02. The fourth-order valence-corrected chi connectivity index (χ4v) is 8.03. The monoisotopic (exact) mass is 599 g/mol. The van der Waals surface area contributed by atoms with Crippen molar-refractivity contribution in [2.75, 3.05) is 37.7 Å². The second-order valence-electron chi connectivity index (χ2n) is 12.1. The molecule has 1 amide bonds. The average Bonchev–Trinajstić information content (AvgIpc) is 3.68. The number of ether oxygens (including phenoxy) is 1. The summed E-state index contributed by atoms with van der Waals surface area (Å²) in [6.45, 7) is 7.57. The van der Waals surface area contributed by atoms with Gasteiger partial charge >= 0.3 is 6.01 Å². The molecule has 7 heterocycles. The SMILES string of the molecule is C=CC(=O)N1CC[C@@H]2[C@H]1CN2c1nc(OCC23CCCN2CCC3)nc2nc(-c3cncc4cccc(Cl)c34)c(F)cc12. The number of hydrogen-bond donors (Lipinski definition) is 0. The van der Waals surface area contributed by atoms with E-state index in [0.29, 0.717) is 52.5 Å². The Morgan fingerprint density at radius 1 is 1.14 bits per heavy atom. The minimum absolute atomic E-state index is 0.0179. The minimum Gasteiger partial charge on any atom is -0.461 e. The number of fused-ring (bicyclic) bond motifs is 4. The third kappa shape index (κ3) is 4.17. The van der Waals surface area contributed by atoms with Crippen LogP contribution in [0.5, 0.6) is 6.01 Å². The summed E-state index contributed by atoms with van der Waals surface area (Å²) in [5.41, 5.74) is 0.975. The van der Waals surface area contributed by atoms with E-state index in [0.717, 1.165) is 50.6 Å². The first-order valence-electron chi connectivity index (χ1n) is 14.9. The van der Waals surface area contributed by atoms with E-state index in [9.17, 15) is 4.79 Å². The van der Waals surface area contributed by atoms with Crippen molar-refractivity contribution >= 4 is 45.1 Å². The molecule has 4 aromatic rings. The molecule has 4 saturated heterocycles. The quantitative estimate of drug-likeness (QED) is 0.286. The number of nitrogens with zero attached hydrogens (tertiary/aromatic N) is 7. The van der Waals surface area contributed by atoms with Crippen LogP contribution in [-0.2, 0) is 4.79 Å². The van der Waals surface area contributed by atoms with Gasteiger partial charge in [0.05, 0.1) is 23.0 Å². The molecule has 8 rings (SSSR count). The van der Waals surface area contributed by atoms with Crippen molar-refractivity contribution in [2.45, 2.75) is 49.7 Å². The molecular formula is C32H31ClFN7O2. The van der Waals surface area contributed by atoms with Crippen LogP contribution in [0.3, 0.4) is 0 Å². The maximum atomic E-state index is 16.0. The Kier molecular flexibility index (Phi) is 6.27. The van der Waals surface area contributed by atoms with Crippen LogP contribution in [0.25, 0.3) is 33.1 Å². The number of benzene rings is 1. The molecule has 9 nitrogen and oxygen atoms in total. The molecule has 4 fully saturated rings. The van der Waals surface area contributed by atoms with Crippen molar-refractivity contribution < 1.29 is 13.9 Å². The Balaban J connectivity index is 1.22. The largest absolute Gasteiger partial charge is 0.461 e. The van der Waals surface area contributed by atoms with Crippen LogP contribution in [0.4, 0.5) is 10.2 Å². The highest BCUT2D eigenvalue weighted by atomic mass is 35.5. The molecule has 0 aliphatic carbocycles. The van der Waals surface area contributed by atoms with Gasteiger partial charge < -0.3 is 14.5 Å². The zero-order valence-electron chi connectivity index (χ0n) is 23.7. The van der Waals surface area contributed by atoms with Crippen molar-refractivity contribution in [3.63, 3.8) is 0 Å². The van der Waals surface area contributed by atoms with E-state index >= 15 is 4.39 Å². The molecule has 2 atom stereocenters. The summed E-state index contributed by atoms with van der Waals surface area (Å²) in [4.78, 5) is 37.6. The van der Waals surface area contributed by atoms with E-state index in [1.165, 1.54) is 12.1 Å². The molecule has 4 aliphatic rings. The molecule has 43 heavy (non-hydrogen) atoms. The normalized spacial score (nSPS) is 22.6. The Morgan fingerprint density at radius 3 is 2.79 bits per heavy atom. The summed E-state index contributed by atoms with van der Waals surface area (Å²) in [5.74, 6) is -0.00705. The number of aromatic nitrogens is 4. The minimum atomic E-state index is -0.515. The lowest BCUT2D eigenvalue weighted by atomic mass is 9.95.